The van der Waals surface area contributed by atoms with E-state index in [1.54, 1.807) is 4.90 Å². The van der Waals surface area contributed by atoms with Crippen molar-refractivity contribution in [3.63, 3.8) is 0 Å². The van der Waals surface area contributed by atoms with Crippen LogP contribution in [0.15, 0.2) is 29.2 Å². The first-order valence-corrected chi connectivity index (χ1v) is 11.7. The van der Waals surface area contributed by atoms with E-state index >= 15 is 0 Å². The predicted molar refractivity (Wildman–Crippen MR) is 129 cm³/mol. The molecule has 5 rings (SSSR count). The van der Waals surface area contributed by atoms with Crippen LogP contribution >= 0.6 is 0 Å². The highest BCUT2D eigenvalue weighted by Gasteiger charge is 2.38. The van der Waals surface area contributed by atoms with Crippen LogP contribution in [0.2, 0.25) is 0 Å². The Balaban J connectivity index is 1.46. The monoisotopic (exact) mass is 480 g/mol. The molecule has 3 aromatic heterocycles. The number of H-pyrrole nitrogens is 2. The van der Waals surface area contributed by atoms with Gasteiger partial charge in [-0.2, -0.15) is 10.1 Å². The van der Waals surface area contributed by atoms with Gasteiger partial charge in [-0.25, -0.2) is 4.98 Å². The molecule has 0 aromatic carbocycles. The molecule has 3 atom stereocenters. The van der Waals surface area contributed by atoms with Crippen LogP contribution in [0.1, 0.15) is 68.2 Å². The topological polar surface area (TPSA) is 172 Å². The summed E-state index contributed by atoms with van der Waals surface area (Å²) >= 11 is 0. The van der Waals surface area contributed by atoms with Gasteiger partial charge in [0.1, 0.15) is 11.9 Å². The minimum atomic E-state index is -0.941. The van der Waals surface area contributed by atoms with Crippen LogP contribution in [0.5, 0.6) is 0 Å². The number of pyridine rings is 1. The van der Waals surface area contributed by atoms with Gasteiger partial charge in [-0.15, -0.1) is 0 Å². The van der Waals surface area contributed by atoms with Gasteiger partial charge >= 0.3 is 0 Å². The summed E-state index contributed by atoms with van der Waals surface area (Å²) in [5, 5.41) is 34.4. The second-order valence-electron chi connectivity index (χ2n) is 9.21. The van der Waals surface area contributed by atoms with E-state index in [4.69, 9.17) is 0 Å². The zero-order valence-electron chi connectivity index (χ0n) is 19.4. The highest BCUT2D eigenvalue weighted by Crippen LogP contribution is 2.43. The van der Waals surface area contributed by atoms with E-state index in [1.165, 1.54) is 18.3 Å². The molecule has 1 aliphatic carbocycles. The van der Waals surface area contributed by atoms with Crippen molar-refractivity contribution >= 4 is 29.2 Å². The van der Waals surface area contributed by atoms with Crippen LogP contribution in [0.4, 0.5) is 23.3 Å². The standard InChI is InChI=1S/C23H28N8O4/c1-11(2)13-8-17(30-29-13)26-21-19-15(32)9-16(33)20(19)27-23(28-21)31-7-3-4-14(31)22(35)25-12-5-6-18(34)24-10-12/h5-6,8,10-11,14-16,32-33H,3-4,7,9H2,1-2H3,(H,24,34)(H,25,35)(H2,26,27,28,29,30)/t14-,15-,16+/m0/s1. The Morgan fingerprint density at radius 1 is 1.23 bits per heavy atom. The fraction of sp³-hybridized carbons (Fsp3) is 0.435. The van der Waals surface area contributed by atoms with Gasteiger partial charge in [0.05, 0.1) is 23.6 Å². The third-order valence-electron chi connectivity index (χ3n) is 6.39. The highest BCUT2D eigenvalue weighted by atomic mass is 16.3. The number of amides is 1. The van der Waals surface area contributed by atoms with Gasteiger partial charge in [0.15, 0.2) is 5.82 Å². The first-order valence-electron chi connectivity index (χ1n) is 11.7. The van der Waals surface area contributed by atoms with Crippen LogP contribution < -0.4 is 21.1 Å². The molecule has 0 radical (unpaired) electrons. The molecule has 0 saturated carbocycles. The van der Waals surface area contributed by atoms with Crippen molar-refractivity contribution in [3.8, 4) is 0 Å². The second-order valence-corrected chi connectivity index (χ2v) is 9.21. The molecule has 6 N–H and O–H groups in total. The number of anilines is 4. The molecule has 0 spiro atoms. The number of fused-ring (bicyclic) bond motifs is 1. The average molecular weight is 481 g/mol. The SMILES string of the molecule is CC(C)c1cc(Nc2nc(N3CCC[C@H]3C(=O)Nc3ccc(=O)[nH]c3)nc3c2[C@@H](O)C[C@H]3O)n[nH]1. The van der Waals surface area contributed by atoms with Gasteiger partial charge in [0.2, 0.25) is 17.4 Å². The molecule has 35 heavy (non-hydrogen) atoms. The number of aromatic nitrogens is 5. The van der Waals surface area contributed by atoms with Gasteiger partial charge in [-0.05, 0) is 24.8 Å². The molecule has 0 unspecified atom stereocenters. The normalized spacial score (nSPS) is 21.4. The fourth-order valence-electron chi connectivity index (χ4n) is 4.53. The molecule has 12 nitrogen and oxygen atoms in total. The van der Waals surface area contributed by atoms with Crippen molar-refractivity contribution in [2.24, 2.45) is 0 Å². The summed E-state index contributed by atoms with van der Waals surface area (Å²) in [6.07, 6.45) is 1.06. The lowest BCUT2D eigenvalue weighted by Gasteiger charge is -2.25. The fourth-order valence-corrected chi connectivity index (χ4v) is 4.53. The number of nitrogens with zero attached hydrogens (tertiary/aromatic N) is 4. The first kappa shape index (κ1) is 23.0. The third kappa shape index (κ3) is 4.49. The largest absolute Gasteiger partial charge is 0.388 e. The summed E-state index contributed by atoms with van der Waals surface area (Å²) in [7, 11) is 0. The van der Waals surface area contributed by atoms with Crippen molar-refractivity contribution in [2.45, 2.75) is 57.3 Å². The summed E-state index contributed by atoms with van der Waals surface area (Å²) in [6.45, 7) is 4.65. The van der Waals surface area contributed by atoms with Gasteiger partial charge in [0, 0.05) is 42.6 Å². The molecule has 12 heteroatoms. The molecule has 184 valence electrons. The number of aromatic amines is 2. The lowest BCUT2D eigenvalue weighted by molar-refractivity contribution is -0.117. The van der Waals surface area contributed by atoms with Crippen molar-refractivity contribution in [1.29, 1.82) is 0 Å². The lowest BCUT2D eigenvalue weighted by Crippen LogP contribution is -2.41. The predicted octanol–water partition coefficient (Wildman–Crippen LogP) is 1.83. The van der Waals surface area contributed by atoms with Gasteiger partial charge in [-0.1, -0.05) is 13.8 Å². The van der Waals surface area contributed by atoms with Crippen molar-refractivity contribution < 1.29 is 15.0 Å². The van der Waals surface area contributed by atoms with Gasteiger partial charge in [-0.3, -0.25) is 14.7 Å². The van der Waals surface area contributed by atoms with Crippen LogP contribution in [-0.2, 0) is 4.79 Å². The molecule has 1 saturated heterocycles. The summed E-state index contributed by atoms with van der Waals surface area (Å²) in [6, 6.07) is 4.22. The number of aliphatic hydroxyl groups is 2. The number of aliphatic hydroxyl groups excluding tert-OH is 2. The highest BCUT2D eigenvalue weighted by molar-refractivity contribution is 5.96. The summed E-state index contributed by atoms with van der Waals surface area (Å²) in [4.78, 5) is 37.9. The molecule has 4 heterocycles. The van der Waals surface area contributed by atoms with Crippen LogP contribution in [0.25, 0.3) is 0 Å². The number of hydrogen-bond acceptors (Lipinski definition) is 9. The van der Waals surface area contributed by atoms with E-state index in [0.29, 0.717) is 41.5 Å². The van der Waals surface area contributed by atoms with E-state index < -0.39 is 18.2 Å². The number of carbonyl (C=O) groups excluding carboxylic acids is 1. The summed E-state index contributed by atoms with van der Waals surface area (Å²) < 4.78 is 0. The first-order chi connectivity index (χ1) is 16.8. The number of hydrogen-bond donors (Lipinski definition) is 6. The zero-order chi connectivity index (χ0) is 24.7. The van der Waals surface area contributed by atoms with Crippen LogP contribution in [-0.4, -0.2) is 53.9 Å². The van der Waals surface area contributed by atoms with Crippen LogP contribution in [0.3, 0.4) is 0 Å². The lowest BCUT2D eigenvalue weighted by atomic mass is 10.1. The Labute approximate surface area is 200 Å². The molecule has 1 amide bonds. The zero-order valence-corrected chi connectivity index (χ0v) is 19.4. The Hall–Kier alpha value is -3.77. The van der Waals surface area contributed by atoms with Gasteiger partial charge < -0.3 is 30.7 Å². The minimum absolute atomic E-state index is 0.121. The van der Waals surface area contributed by atoms with Gasteiger partial charge in [0.25, 0.3) is 0 Å². The van der Waals surface area contributed by atoms with Crippen molar-refractivity contribution in [3.05, 3.63) is 51.7 Å². The molecular formula is C23H28N8O4. The van der Waals surface area contributed by atoms with E-state index in [0.717, 1.165) is 12.1 Å². The maximum absolute atomic E-state index is 13.1. The van der Waals surface area contributed by atoms with E-state index in [2.05, 4.69) is 35.8 Å². The minimum Gasteiger partial charge on any atom is -0.388 e. The molecule has 1 fully saturated rings. The molecule has 0 bridgehead atoms. The number of carbonyl (C=O) groups is 1. The van der Waals surface area contributed by atoms with E-state index in [9.17, 15) is 19.8 Å². The Morgan fingerprint density at radius 2 is 2.06 bits per heavy atom. The number of rotatable bonds is 6. The van der Waals surface area contributed by atoms with Crippen LogP contribution in [0, 0.1) is 0 Å². The Bertz CT molecular complexity index is 1280. The molecule has 1 aliphatic heterocycles. The van der Waals surface area contributed by atoms with Crippen molar-refractivity contribution in [1.82, 2.24) is 25.1 Å². The Morgan fingerprint density at radius 3 is 2.77 bits per heavy atom. The summed E-state index contributed by atoms with van der Waals surface area (Å²) in [5.41, 5.74) is 1.95. The molecule has 2 aliphatic rings. The maximum atomic E-state index is 13.1. The van der Waals surface area contributed by atoms with E-state index in [1.807, 2.05) is 19.9 Å². The Kier molecular flexibility index (Phi) is 5.99. The molecule has 3 aromatic rings. The van der Waals surface area contributed by atoms with Crippen molar-refractivity contribution in [2.75, 3.05) is 22.1 Å². The maximum Gasteiger partial charge on any atom is 0.248 e. The number of nitrogens with one attached hydrogen (secondary N) is 4. The van der Waals surface area contributed by atoms with E-state index in [-0.39, 0.29) is 29.8 Å². The third-order valence-corrected chi connectivity index (χ3v) is 6.39. The molecular weight excluding hydrogens is 452 g/mol. The quantitative estimate of drug-likeness (QED) is 0.308. The second kappa shape index (κ2) is 9.12. The smallest absolute Gasteiger partial charge is 0.248 e. The summed E-state index contributed by atoms with van der Waals surface area (Å²) in [5.74, 6) is 1.18. The average Bonchev–Trinajstić information content (AvgIpc) is 3.55.